The summed E-state index contributed by atoms with van der Waals surface area (Å²) in [6.45, 7) is 3.93. The van der Waals surface area contributed by atoms with Gasteiger partial charge in [-0.2, -0.15) is 10.4 Å². The monoisotopic (exact) mass is 552 g/mol. The molecule has 2 unspecified atom stereocenters. The summed E-state index contributed by atoms with van der Waals surface area (Å²) in [6, 6.07) is 8.77. The standard InChI is InChI=1S/C27H27F3N8O2/c1-25(2,3)27(30)26(4,29)38(20(28)14-37(27)24(39)40)23-21-19(17-11-34-35(5)12-17)13-36(22(21)32-15-33-23)18-8-6-7-16(9-18)10-31/h6-9,11-13,15,20H,14H2,1-5H3,(H,39,40)/t20?,26?,27-/m1/s1. The summed E-state index contributed by atoms with van der Waals surface area (Å²) < 4.78 is 53.1. The van der Waals surface area contributed by atoms with E-state index < -0.39 is 35.9 Å². The maximum atomic E-state index is 17.0. The Morgan fingerprint density at radius 2 is 1.95 bits per heavy atom. The van der Waals surface area contributed by atoms with Crippen molar-refractivity contribution in [1.29, 1.82) is 5.26 Å². The van der Waals surface area contributed by atoms with Crippen LogP contribution in [0.3, 0.4) is 0 Å². The topological polar surface area (TPSA) is 116 Å². The largest absolute Gasteiger partial charge is 0.465 e. The number of hydrogen-bond donors (Lipinski definition) is 1. The van der Waals surface area contributed by atoms with E-state index in [1.807, 2.05) is 0 Å². The predicted octanol–water partition coefficient (Wildman–Crippen LogP) is 5.19. The third kappa shape index (κ3) is 3.77. The minimum absolute atomic E-state index is 0.188. The molecule has 1 N–H and O–H groups in total. The van der Waals surface area contributed by atoms with Crippen LogP contribution in [0, 0.1) is 16.7 Å². The lowest BCUT2D eigenvalue weighted by Gasteiger charge is -2.58. The fourth-order valence-corrected chi connectivity index (χ4v) is 5.59. The molecule has 1 saturated heterocycles. The van der Waals surface area contributed by atoms with Gasteiger partial charge in [-0.15, -0.1) is 0 Å². The highest BCUT2D eigenvalue weighted by Crippen LogP contribution is 2.54. The fraction of sp³-hybridized carbons (Fsp3) is 0.370. The Balaban J connectivity index is 1.83. The molecule has 4 aromatic rings. The van der Waals surface area contributed by atoms with Gasteiger partial charge in [0.1, 0.15) is 12.1 Å². The highest BCUT2D eigenvalue weighted by Gasteiger charge is 2.70. The zero-order valence-electron chi connectivity index (χ0n) is 22.5. The molecule has 0 aliphatic carbocycles. The molecule has 3 atom stereocenters. The van der Waals surface area contributed by atoms with Crippen LogP contribution in [-0.4, -0.2) is 64.8 Å². The number of amides is 1. The van der Waals surface area contributed by atoms with Crippen molar-refractivity contribution in [3.8, 4) is 22.9 Å². The van der Waals surface area contributed by atoms with Crippen LogP contribution in [0.5, 0.6) is 0 Å². The van der Waals surface area contributed by atoms with Gasteiger partial charge in [-0.3, -0.25) is 14.5 Å². The van der Waals surface area contributed by atoms with Crippen LogP contribution in [-0.2, 0) is 7.05 Å². The number of carbonyl (C=O) groups is 1. The fourth-order valence-electron chi connectivity index (χ4n) is 5.59. The second-order valence-electron chi connectivity index (χ2n) is 10.9. The van der Waals surface area contributed by atoms with Crippen molar-refractivity contribution in [1.82, 2.24) is 29.2 Å². The number of aryl methyl sites for hydroxylation is 1. The van der Waals surface area contributed by atoms with Crippen molar-refractivity contribution in [3.63, 3.8) is 0 Å². The van der Waals surface area contributed by atoms with Crippen LogP contribution in [0.4, 0.5) is 23.8 Å². The molecule has 0 spiro atoms. The Labute approximate surface area is 227 Å². The molecule has 1 amide bonds. The Morgan fingerprint density at radius 1 is 1.23 bits per heavy atom. The lowest BCUT2D eigenvalue weighted by Crippen LogP contribution is -2.78. The average Bonchev–Trinajstić information content (AvgIpc) is 3.49. The van der Waals surface area contributed by atoms with Gasteiger partial charge in [0.25, 0.3) is 0 Å². The van der Waals surface area contributed by atoms with Crippen molar-refractivity contribution in [2.75, 3.05) is 11.4 Å². The second kappa shape index (κ2) is 8.97. The van der Waals surface area contributed by atoms with Crippen LogP contribution in [0.25, 0.3) is 27.8 Å². The SMILES string of the molecule is Cn1cc(-c2cn(-c3cccc(C#N)c3)c3ncnc(N4C(F)CN(C(=O)O)[C@](F)(C(C)(C)C)C4(C)F)c23)cn1. The number of rotatable bonds is 3. The molecule has 1 aromatic carbocycles. The third-order valence-electron chi connectivity index (χ3n) is 7.33. The number of halogens is 3. The summed E-state index contributed by atoms with van der Waals surface area (Å²) in [5.41, 5.74) is 0.590. The number of piperazine rings is 1. The number of benzene rings is 1. The Kier molecular flexibility index (Phi) is 6.05. The molecule has 3 aromatic heterocycles. The molecule has 13 heteroatoms. The second-order valence-corrected chi connectivity index (χ2v) is 10.9. The number of nitriles is 1. The van der Waals surface area contributed by atoms with Crippen LogP contribution >= 0.6 is 0 Å². The summed E-state index contributed by atoms with van der Waals surface area (Å²) in [4.78, 5) is 21.4. The van der Waals surface area contributed by atoms with Gasteiger partial charge in [-0.1, -0.05) is 26.8 Å². The highest BCUT2D eigenvalue weighted by atomic mass is 19.2. The highest BCUT2D eigenvalue weighted by molar-refractivity contribution is 6.02. The van der Waals surface area contributed by atoms with E-state index in [2.05, 4.69) is 21.1 Å². The van der Waals surface area contributed by atoms with E-state index in [0.717, 1.165) is 13.3 Å². The van der Waals surface area contributed by atoms with Gasteiger partial charge < -0.3 is 9.67 Å². The molecular formula is C27H27F3N8O2. The lowest BCUT2D eigenvalue weighted by atomic mass is 9.75. The van der Waals surface area contributed by atoms with E-state index in [4.69, 9.17) is 0 Å². The number of alkyl halides is 3. The van der Waals surface area contributed by atoms with E-state index >= 15 is 13.2 Å². The van der Waals surface area contributed by atoms with Crippen molar-refractivity contribution < 1.29 is 23.1 Å². The molecule has 208 valence electrons. The Hall–Kier alpha value is -4.60. The normalized spacial score (nSPS) is 23.4. The molecule has 40 heavy (non-hydrogen) atoms. The molecule has 1 aliphatic heterocycles. The number of carboxylic acid groups (broad SMARTS) is 1. The molecule has 1 aliphatic rings. The molecule has 10 nitrogen and oxygen atoms in total. The summed E-state index contributed by atoms with van der Waals surface area (Å²) in [5.74, 6) is -6.64. The number of hydrogen-bond acceptors (Lipinski definition) is 6. The molecular weight excluding hydrogens is 525 g/mol. The number of nitrogens with zero attached hydrogens (tertiary/aromatic N) is 8. The van der Waals surface area contributed by atoms with Gasteiger partial charge in [0.15, 0.2) is 11.9 Å². The van der Waals surface area contributed by atoms with Crippen molar-refractivity contribution >= 4 is 22.9 Å². The number of aromatic nitrogens is 5. The summed E-state index contributed by atoms with van der Waals surface area (Å²) in [5, 5.41) is 23.6. The van der Waals surface area contributed by atoms with Gasteiger partial charge in [0.2, 0.25) is 11.6 Å². The first-order chi connectivity index (χ1) is 18.7. The van der Waals surface area contributed by atoms with Crippen molar-refractivity contribution in [2.45, 2.75) is 45.6 Å². The molecule has 1 fully saturated rings. The Bertz CT molecular complexity index is 1670. The predicted molar refractivity (Wildman–Crippen MR) is 141 cm³/mol. The maximum Gasteiger partial charge on any atom is 0.410 e. The van der Waals surface area contributed by atoms with Gasteiger partial charge in [-0.05, 0) is 25.1 Å². The summed E-state index contributed by atoms with van der Waals surface area (Å²) in [6.07, 6.45) is 1.97. The molecule has 0 bridgehead atoms. The zero-order chi connectivity index (χ0) is 29.2. The smallest absolute Gasteiger partial charge is 0.410 e. The third-order valence-corrected chi connectivity index (χ3v) is 7.33. The summed E-state index contributed by atoms with van der Waals surface area (Å²) >= 11 is 0. The van der Waals surface area contributed by atoms with Gasteiger partial charge in [-0.25, -0.2) is 27.9 Å². The molecule has 0 saturated carbocycles. The minimum Gasteiger partial charge on any atom is -0.465 e. The first-order valence-electron chi connectivity index (χ1n) is 12.4. The number of fused-ring (bicyclic) bond motifs is 1. The zero-order valence-corrected chi connectivity index (χ0v) is 22.5. The first kappa shape index (κ1) is 27.0. The maximum absolute atomic E-state index is 17.0. The van der Waals surface area contributed by atoms with Crippen LogP contribution in [0.15, 0.2) is 49.2 Å². The van der Waals surface area contributed by atoms with Gasteiger partial charge >= 0.3 is 6.09 Å². The van der Waals surface area contributed by atoms with E-state index in [1.165, 1.54) is 20.8 Å². The van der Waals surface area contributed by atoms with E-state index in [9.17, 15) is 15.2 Å². The molecule has 0 radical (unpaired) electrons. The average molecular weight is 553 g/mol. The van der Waals surface area contributed by atoms with Crippen LogP contribution < -0.4 is 4.90 Å². The summed E-state index contributed by atoms with van der Waals surface area (Å²) in [7, 11) is 1.71. The Morgan fingerprint density at radius 3 is 2.55 bits per heavy atom. The first-order valence-corrected chi connectivity index (χ1v) is 12.4. The van der Waals surface area contributed by atoms with Gasteiger partial charge in [0.05, 0.1) is 29.8 Å². The molecule has 4 heterocycles. The van der Waals surface area contributed by atoms with Crippen LogP contribution in [0.1, 0.15) is 33.3 Å². The van der Waals surface area contributed by atoms with E-state index in [0.29, 0.717) is 27.3 Å². The van der Waals surface area contributed by atoms with Crippen LogP contribution in [0.2, 0.25) is 0 Å². The van der Waals surface area contributed by atoms with Crippen molar-refractivity contribution in [2.24, 2.45) is 12.5 Å². The van der Waals surface area contributed by atoms with Gasteiger partial charge in [0, 0.05) is 41.7 Å². The van der Waals surface area contributed by atoms with E-state index in [1.54, 1.807) is 59.2 Å². The number of anilines is 1. The quantitative estimate of drug-likeness (QED) is 0.348. The molecule has 5 rings (SSSR count). The van der Waals surface area contributed by atoms with Crippen molar-refractivity contribution in [3.05, 3.63) is 54.7 Å². The minimum atomic E-state index is -3.21. The lowest BCUT2D eigenvalue weighted by molar-refractivity contribution is -0.218. The van der Waals surface area contributed by atoms with E-state index in [-0.39, 0.29) is 21.8 Å².